The number of rotatable bonds is 3. The third kappa shape index (κ3) is 3.74. The summed E-state index contributed by atoms with van der Waals surface area (Å²) in [5, 5.41) is 5.24. The van der Waals surface area contributed by atoms with Gasteiger partial charge in [-0.2, -0.15) is 0 Å². The van der Waals surface area contributed by atoms with Crippen molar-refractivity contribution in [3.63, 3.8) is 0 Å². The SMILES string of the molecule is c1ccc(-c2ccccc2-c2cc3c4c5c2c2ccccc2n5-c2ccccc2B4N(c2ccccc2)c2cc4c(cc2-3)sc2ccccc24)cc1. The number of nitrogens with zero attached hydrogens (tertiary/aromatic N) is 2. The van der Waals surface area contributed by atoms with Gasteiger partial charge >= 0.3 is 6.85 Å². The number of aromatic nitrogens is 1. The summed E-state index contributed by atoms with van der Waals surface area (Å²) in [6, 6.07) is 65.3. The third-order valence-electron chi connectivity index (χ3n) is 11.4. The van der Waals surface area contributed by atoms with Gasteiger partial charge in [-0.3, -0.25) is 0 Å². The second-order valence-electron chi connectivity index (χ2n) is 14.0. The molecule has 12 rings (SSSR count). The Morgan fingerprint density at radius 1 is 0.442 bits per heavy atom. The predicted molar refractivity (Wildman–Crippen MR) is 224 cm³/mol. The van der Waals surface area contributed by atoms with Gasteiger partial charge in [0.15, 0.2) is 0 Å². The lowest BCUT2D eigenvalue weighted by molar-refractivity contribution is 1.18. The normalized spacial score (nSPS) is 12.9. The molecular formula is C48H29BN2S. The van der Waals surface area contributed by atoms with Crippen molar-refractivity contribution in [1.29, 1.82) is 0 Å². The van der Waals surface area contributed by atoms with Crippen molar-refractivity contribution >= 4 is 82.5 Å². The monoisotopic (exact) mass is 676 g/mol. The van der Waals surface area contributed by atoms with E-state index in [9.17, 15) is 0 Å². The molecule has 0 fully saturated rings. The molecule has 10 aromatic rings. The fourth-order valence-electron chi connectivity index (χ4n) is 9.28. The maximum atomic E-state index is 2.63. The van der Waals surface area contributed by atoms with Crippen LogP contribution in [-0.4, -0.2) is 11.4 Å². The average Bonchev–Trinajstić information content (AvgIpc) is 3.76. The van der Waals surface area contributed by atoms with Crippen LogP contribution in [0.1, 0.15) is 0 Å². The molecule has 0 aliphatic carbocycles. The third-order valence-corrected chi connectivity index (χ3v) is 12.5. The molecule has 0 bridgehead atoms. The lowest BCUT2D eigenvalue weighted by atomic mass is 9.44. The van der Waals surface area contributed by atoms with E-state index in [-0.39, 0.29) is 6.85 Å². The highest BCUT2D eigenvalue weighted by Crippen LogP contribution is 2.51. The molecule has 0 amide bonds. The smallest absolute Gasteiger partial charge is 0.333 e. The lowest BCUT2D eigenvalue weighted by Crippen LogP contribution is -2.60. The summed E-state index contributed by atoms with van der Waals surface area (Å²) in [4.78, 5) is 2.63. The molecule has 2 nitrogen and oxygen atoms in total. The Hall–Kier alpha value is -6.36. The van der Waals surface area contributed by atoms with Gasteiger partial charge in [-0.05, 0) is 87.3 Å². The first-order valence-electron chi connectivity index (χ1n) is 18.0. The number of benzene rings is 8. The molecule has 0 spiro atoms. The van der Waals surface area contributed by atoms with Crippen molar-refractivity contribution < 1.29 is 0 Å². The minimum Gasteiger partial charge on any atom is -0.376 e. The molecule has 240 valence electrons. The highest BCUT2D eigenvalue weighted by Gasteiger charge is 2.44. The summed E-state index contributed by atoms with van der Waals surface area (Å²) >= 11 is 1.90. The molecule has 0 saturated heterocycles. The zero-order chi connectivity index (χ0) is 33.9. The lowest BCUT2D eigenvalue weighted by Gasteiger charge is -2.42. The predicted octanol–water partition coefficient (Wildman–Crippen LogP) is 11.7. The van der Waals surface area contributed by atoms with Gasteiger partial charge in [0, 0.05) is 53.6 Å². The van der Waals surface area contributed by atoms with E-state index in [4.69, 9.17) is 0 Å². The molecule has 2 aliphatic heterocycles. The van der Waals surface area contributed by atoms with Crippen molar-refractivity contribution in [2.45, 2.75) is 0 Å². The van der Waals surface area contributed by atoms with Crippen molar-refractivity contribution in [3.05, 3.63) is 176 Å². The topological polar surface area (TPSA) is 8.17 Å². The van der Waals surface area contributed by atoms with E-state index in [0.717, 1.165) is 0 Å². The Morgan fingerprint density at radius 3 is 2.00 bits per heavy atom. The number of thiophene rings is 1. The van der Waals surface area contributed by atoms with E-state index >= 15 is 0 Å². The molecule has 8 aromatic carbocycles. The fourth-order valence-corrected chi connectivity index (χ4v) is 10.4. The fraction of sp³-hybridized carbons (Fsp3) is 0. The molecule has 2 aliphatic rings. The molecular weight excluding hydrogens is 647 g/mol. The van der Waals surface area contributed by atoms with E-state index in [1.54, 1.807) is 0 Å². The summed E-state index contributed by atoms with van der Waals surface area (Å²) in [5.41, 5.74) is 16.5. The Bertz CT molecular complexity index is 3090. The first-order chi connectivity index (χ1) is 25.8. The standard InChI is InChI=1S/C48H29BN2S/c1-3-15-30(16-4-1)32-19-7-8-20-33(32)38-27-39-36-29-45-37(34-21-10-14-26-44(34)52-45)28-43(36)51(31-17-5-2-6-18-31)49-40-23-11-13-25-42(40)50-41-24-12-9-22-35(41)46(38)48(50)47(39)49/h1-29H. The molecule has 0 atom stereocenters. The van der Waals surface area contributed by atoms with Crippen LogP contribution in [0.2, 0.25) is 0 Å². The first-order valence-corrected chi connectivity index (χ1v) is 18.8. The van der Waals surface area contributed by atoms with Gasteiger partial charge in [0.1, 0.15) is 0 Å². The number of hydrogen-bond donors (Lipinski definition) is 0. The number of anilines is 2. The van der Waals surface area contributed by atoms with E-state index < -0.39 is 0 Å². The molecule has 0 radical (unpaired) electrons. The minimum atomic E-state index is -0.0128. The molecule has 0 unspecified atom stereocenters. The maximum absolute atomic E-state index is 2.63. The van der Waals surface area contributed by atoms with Gasteiger partial charge in [-0.25, -0.2) is 0 Å². The Kier molecular flexibility index (Phi) is 5.77. The summed E-state index contributed by atoms with van der Waals surface area (Å²) in [6.07, 6.45) is 0. The quantitative estimate of drug-likeness (QED) is 0.169. The summed E-state index contributed by atoms with van der Waals surface area (Å²) in [7, 11) is 0. The highest BCUT2D eigenvalue weighted by atomic mass is 32.1. The van der Waals surface area contributed by atoms with Crippen molar-refractivity contribution in [1.82, 2.24) is 4.57 Å². The van der Waals surface area contributed by atoms with Gasteiger partial charge in [0.25, 0.3) is 0 Å². The van der Waals surface area contributed by atoms with Gasteiger partial charge in [0.2, 0.25) is 0 Å². The van der Waals surface area contributed by atoms with Gasteiger partial charge in [-0.15, -0.1) is 11.3 Å². The van der Waals surface area contributed by atoms with Crippen LogP contribution in [0, 0.1) is 0 Å². The van der Waals surface area contributed by atoms with Gasteiger partial charge in [0.05, 0.1) is 11.0 Å². The first kappa shape index (κ1) is 28.4. The van der Waals surface area contributed by atoms with Crippen LogP contribution in [0.5, 0.6) is 0 Å². The summed E-state index contributed by atoms with van der Waals surface area (Å²) in [6.45, 7) is -0.0128. The van der Waals surface area contributed by atoms with E-state index in [0.29, 0.717) is 0 Å². The number of fused-ring (bicyclic) bond motifs is 11. The minimum absolute atomic E-state index is 0.0128. The molecule has 0 N–H and O–H groups in total. The van der Waals surface area contributed by atoms with E-state index in [1.165, 1.54) is 103 Å². The summed E-state index contributed by atoms with van der Waals surface area (Å²) in [5.74, 6) is 0. The van der Waals surface area contributed by atoms with Crippen LogP contribution in [0.15, 0.2) is 176 Å². The van der Waals surface area contributed by atoms with Crippen molar-refractivity contribution in [2.75, 3.05) is 4.81 Å². The molecule has 52 heavy (non-hydrogen) atoms. The van der Waals surface area contributed by atoms with Crippen molar-refractivity contribution in [3.8, 4) is 39.1 Å². The summed E-state index contributed by atoms with van der Waals surface area (Å²) < 4.78 is 5.21. The van der Waals surface area contributed by atoms with E-state index in [1.807, 2.05) is 11.3 Å². The molecule has 2 aromatic heterocycles. The van der Waals surface area contributed by atoms with Crippen LogP contribution >= 0.6 is 11.3 Å². The van der Waals surface area contributed by atoms with Gasteiger partial charge in [-0.1, -0.05) is 127 Å². The van der Waals surface area contributed by atoms with Crippen molar-refractivity contribution in [2.24, 2.45) is 0 Å². The maximum Gasteiger partial charge on any atom is 0.333 e. The Balaban J connectivity index is 1.31. The van der Waals surface area contributed by atoms with Crippen LogP contribution in [0.4, 0.5) is 11.4 Å². The zero-order valence-electron chi connectivity index (χ0n) is 28.1. The zero-order valence-corrected chi connectivity index (χ0v) is 28.9. The number of para-hydroxylation sites is 3. The average molecular weight is 677 g/mol. The van der Waals surface area contributed by atoms with Crippen LogP contribution in [0.3, 0.4) is 0 Å². The van der Waals surface area contributed by atoms with E-state index in [2.05, 4.69) is 185 Å². The van der Waals surface area contributed by atoms with Crippen LogP contribution in [-0.2, 0) is 0 Å². The Morgan fingerprint density at radius 2 is 1.13 bits per heavy atom. The molecule has 4 heteroatoms. The molecule has 4 heterocycles. The Labute approximate surface area is 305 Å². The van der Waals surface area contributed by atoms with Gasteiger partial charge < -0.3 is 9.38 Å². The van der Waals surface area contributed by atoms with Crippen LogP contribution in [0.25, 0.3) is 81.0 Å². The highest BCUT2D eigenvalue weighted by molar-refractivity contribution is 7.25. The number of hydrogen-bond acceptors (Lipinski definition) is 2. The second-order valence-corrected chi connectivity index (χ2v) is 15.1. The second kappa shape index (κ2) is 10.6. The largest absolute Gasteiger partial charge is 0.376 e. The van der Waals surface area contributed by atoms with Crippen LogP contribution < -0.4 is 15.7 Å². The molecule has 0 saturated carbocycles.